The molecule has 7 nitrogen and oxygen atoms in total. The Balaban J connectivity index is 1.56. The maximum Gasteiger partial charge on any atom is 0.368 e. The Hall–Kier alpha value is -3.87. The van der Waals surface area contributed by atoms with E-state index in [9.17, 15) is 4.79 Å². The van der Waals surface area contributed by atoms with Crippen LogP contribution in [0.15, 0.2) is 65.5 Å². The second-order valence-corrected chi connectivity index (χ2v) is 7.45. The van der Waals surface area contributed by atoms with Gasteiger partial charge in [0.15, 0.2) is 0 Å². The van der Waals surface area contributed by atoms with Crippen LogP contribution in [0, 0.1) is 20.8 Å². The molecule has 4 rings (SSSR count). The maximum atomic E-state index is 12.3. The lowest BCUT2D eigenvalue weighted by Gasteiger charge is -2.15. The standard InChI is InChI=1S/C24H24N4O3/c1-16-9-7-10-21(28-24(29)27(4)25-26-28)20(16)15-30-22-13-12-19(14-18(22)3)31-23-11-6-5-8-17(23)2/h5-14H,15H2,1-4H3. The van der Waals surface area contributed by atoms with Gasteiger partial charge in [-0.05, 0) is 78.2 Å². The summed E-state index contributed by atoms with van der Waals surface area (Å²) in [6.07, 6.45) is 0. The lowest BCUT2D eigenvalue weighted by molar-refractivity contribution is 0.302. The van der Waals surface area contributed by atoms with Crippen molar-refractivity contribution >= 4 is 0 Å². The number of para-hydroxylation sites is 1. The third-order valence-corrected chi connectivity index (χ3v) is 5.18. The van der Waals surface area contributed by atoms with Crippen molar-refractivity contribution in [1.29, 1.82) is 0 Å². The van der Waals surface area contributed by atoms with E-state index in [2.05, 4.69) is 10.4 Å². The highest BCUT2D eigenvalue weighted by Gasteiger charge is 2.14. The quantitative estimate of drug-likeness (QED) is 0.470. The number of nitrogens with zero attached hydrogens (tertiary/aromatic N) is 4. The van der Waals surface area contributed by atoms with E-state index in [0.29, 0.717) is 12.3 Å². The van der Waals surface area contributed by atoms with Gasteiger partial charge in [0.05, 0.1) is 5.69 Å². The predicted molar refractivity (Wildman–Crippen MR) is 118 cm³/mol. The third-order valence-electron chi connectivity index (χ3n) is 5.18. The predicted octanol–water partition coefficient (Wildman–Crippen LogP) is 4.26. The number of aromatic nitrogens is 4. The second-order valence-electron chi connectivity index (χ2n) is 7.45. The van der Waals surface area contributed by atoms with Gasteiger partial charge in [0.2, 0.25) is 0 Å². The summed E-state index contributed by atoms with van der Waals surface area (Å²) in [6.45, 7) is 6.27. The number of ether oxygens (including phenoxy) is 2. The minimum absolute atomic E-state index is 0.295. The summed E-state index contributed by atoms with van der Waals surface area (Å²) in [4.78, 5) is 12.3. The molecule has 7 heteroatoms. The smallest absolute Gasteiger partial charge is 0.368 e. The van der Waals surface area contributed by atoms with E-state index in [1.54, 1.807) is 7.05 Å². The molecule has 31 heavy (non-hydrogen) atoms. The Kier molecular flexibility index (Phi) is 5.58. The Labute approximate surface area is 180 Å². The zero-order valence-electron chi connectivity index (χ0n) is 18.0. The molecule has 158 valence electrons. The topological polar surface area (TPSA) is 71.2 Å². The summed E-state index contributed by atoms with van der Waals surface area (Å²) in [6, 6.07) is 19.4. The Morgan fingerprint density at radius 1 is 0.839 bits per heavy atom. The van der Waals surface area contributed by atoms with E-state index in [0.717, 1.165) is 39.5 Å². The van der Waals surface area contributed by atoms with Gasteiger partial charge in [-0.3, -0.25) is 0 Å². The number of hydrogen-bond donors (Lipinski definition) is 0. The summed E-state index contributed by atoms with van der Waals surface area (Å²) in [5.41, 5.74) is 4.28. The van der Waals surface area contributed by atoms with Crippen molar-refractivity contribution < 1.29 is 9.47 Å². The molecule has 3 aromatic carbocycles. The van der Waals surface area contributed by atoms with E-state index in [1.807, 2.05) is 81.4 Å². The van der Waals surface area contributed by atoms with Crippen molar-refractivity contribution in [3.05, 3.63) is 93.4 Å². The van der Waals surface area contributed by atoms with Gasteiger partial charge in [0.1, 0.15) is 23.9 Å². The minimum Gasteiger partial charge on any atom is -0.489 e. The first-order valence-electron chi connectivity index (χ1n) is 9.99. The number of tetrazole rings is 1. The van der Waals surface area contributed by atoms with Gasteiger partial charge in [-0.2, -0.15) is 9.36 Å². The summed E-state index contributed by atoms with van der Waals surface area (Å²) in [5.74, 6) is 2.33. The monoisotopic (exact) mass is 416 g/mol. The van der Waals surface area contributed by atoms with Crippen LogP contribution >= 0.6 is 0 Å². The van der Waals surface area contributed by atoms with Crippen LogP contribution < -0.4 is 15.2 Å². The molecule has 4 aromatic rings. The van der Waals surface area contributed by atoms with E-state index in [4.69, 9.17) is 9.47 Å². The van der Waals surface area contributed by atoms with Crippen LogP contribution in [0.3, 0.4) is 0 Å². The van der Waals surface area contributed by atoms with Crippen LogP contribution in [0.2, 0.25) is 0 Å². The first kappa shape index (κ1) is 20.4. The Bertz CT molecular complexity index is 1290. The van der Waals surface area contributed by atoms with E-state index >= 15 is 0 Å². The average molecular weight is 416 g/mol. The molecule has 0 spiro atoms. The van der Waals surface area contributed by atoms with Gasteiger partial charge in [-0.1, -0.05) is 30.3 Å². The van der Waals surface area contributed by atoms with Crippen LogP contribution in [-0.4, -0.2) is 19.8 Å². The minimum atomic E-state index is -0.305. The van der Waals surface area contributed by atoms with Gasteiger partial charge in [0, 0.05) is 12.6 Å². The van der Waals surface area contributed by atoms with Crippen LogP contribution in [0.25, 0.3) is 5.69 Å². The van der Waals surface area contributed by atoms with Crippen molar-refractivity contribution in [1.82, 2.24) is 19.8 Å². The second kappa shape index (κ2) is 8.47. The highest BCUT2D eigenvalue weighted by molar-refractivity contribution is 5.46. The van der Waals surface area contributed by atoms with Gasteiger partial charge in [-0.25, -0.2) is 4.79 Å². The highest BCUT2D eigenvalue weighted by Crippen LogP contribution is 2.30. The molecule has 0 saturated carbocycles. The first-order valence-corrected chi connectivity index (χ1v) is 9.99. The van der Waals surface area contributed by atoms with Crippen LogP contribution in [0.1, 0.15) is 22.3 Å². The molecule has 1 aromatic heterocycles. The molecule has 0 saturated heterocycles. The number of rotatable bonds is 6. The molecule has 0 fully saturated rings. The van der Waals surface area contributed by atoms with E-state index in [-0.39, 0.29) is 5.69 Å². The van der Waals surface area contributed by atoms with E-state index < -0.39 is 0 Å². The average Bonchev–Trinajstić information content (AvgIpc) is 3.08. The zero-order valence-corrected chi connectivity index (χ0v) is 18.0. The SMILES string of the molecule is Cc1cc(Oc2ccccc2C)ccc1OCc1c(C)cccc1-n1nnn(C)c1=O. The van der Waals surface area contributed by atoms with Crippen molar-refractivity contribution in [3.63, 3.8) is 0 Å². The van der Waals surface area contributed by atoms with Gasteiger partial charge in [-0.15, -0.1) is 0 Å². The summed E-state index contributed by atoms with van der Waals surface area (Å²) >= 11 is 0. The zero-order chi connectivity index (χ0) is 22.0. The Morgan fingerprint density at radius 3 is 2.32 bits per heavy atom. The highest BCUT2D eigenvalue weighted by atomic mass is 16.5. The lowest BCUT2D eigenvalue weighted by atomic mass is 10.1. The van der Waals surface area contributed by atoms with Gasteiger partial charge >= 0.3 is 5.69 Å². The first-order chi connectivity index (χ1) is 14.9. The van der Waals surface area contributed by atoms with E-state index in [1.165, 1.54) is 9.36 Å². The molecule has 1 heterocycles. The van der Waals surface area contributed by atoms with Crippen molar-refractivity contribution in [2.75, 3.05) is 0 Å². The number of aryl methyl sites for hydroxylation is 4. The molecule has 0 aliphatic rings. The number of hydrogen-bond acceptors (Lipinski definition) is 5. The molecular weight excluding hydrogens is 392 g/mol. The fourth-order valence-corrected chi connectivity index (χ4v) is 3.33. The lowest BCUT2D eigenvalue weighted by Crippen LogP contribution is -2.23. The summed E-state index contributed by atoms with van der Waals surface area (Å²) < 4.78 is 14.6. The van der Waals surface area contributed by atoms with Crippen molar-refractivity contribution in [3.8, 4) is 22.9 Å². The Morgan fingerprint density at radius 2 is 1.61 bits per heavy atom. The molecule has 0 amide bonds. The van der Waals surface area contributed by atoms with Crippen LogP contribution in [0.5, 0.6) is 17.2 Å². The molecule has 0 atom stereocenters. The van der Waals surface area contributed by atoms with Gasteiger partial charge in [0.25, 0.3) is 0 Å². The normalized spacial score (nSPS) is 10.8. The van der Waals surface area contributed by atoms with Crippen LogP contribution in [-0.2, 0) is 13.7 Å². The van der Waals surface area contributed by atoms with Crippen LogP contribution in [0.4, 0.5) is 0 Å². The molecule has 0 unspecified atom stereocenters. The van der Waals surface area contributed by atoms with Crippen molar-refractivity contribution in [2.45, 2.75) is 27.4 Å². The van der Waals surface area contributed by atoms with Crippen molar-refractivity contribution in [2.24, 2.45) is 7.05 Å². The van der Waals surface area contributed by atoms with Gasteiger partial charge < -0.3 is 9.47 Å². The maximum absolute atomic E-state index is 12.3. The molecule has 0 aliphatic heterocycles. The molecule has 0 bridgehead atoms. The molecule has 0 N–H and O–H groups in total. The largest absolute Gasteiger partial charge is 0.489 e. The third kappa shape index (κ3) is 4.21. The molecular formula is C24H24N4O3. The molecule has 0 radical (unpaired) electrons. The fourth-order valence-electron chi connectivity index (χ4n) is 3.33. The summed E-state index contributed by atoms with van der Waals surface area (Å²) in [5, 5.41) is 7.77. The fraction of sp³-hybridized carbons (Fsp3) is 0.208. The summed E-state index contributed by atoms with van der Waals surface area (Å²) in [7, 11) is 1.57. The number of benzene rings is 3. The molecule has 0 aliphatic carbocycles.